The van der Waals surface area contributed by atoms with Gasteiger partial charge in [-0.1, -0.05) is 18.2 Å². The Hall–Kier alpha value is -3.29. The minimum atomic E-state index is -4.78. The van der Waals surface area contributed by atoms with Crippen molar-refractivity contribution in [3.63, 3.8) is 0 Å². The molecule has 0 aliphatic carbocycles. The van der Waals surface area contributed by atoms with E-state index in [4.69, 9.17) is 0 Å². The molecule has 2 rings (SSSR count). The van der Waals surface area contributed by atoms with E-state index < -0.39 is 57.7 Å². The van der Waals surface area contributed by atoms with Crippen LogP contribution in [-0.4, -0.2) is 39.5 Å². The number of carbonyl (C=O) groups excluding carboxylic acids is 2. The van der Waals surface area contributed by atoms with Crippen LogP contribution in [0, 0.1) is 0 Å². The van der Waals surface area contributed by atoms with Gasteiger partial charge in [0.15, 0.2) is 0 Å². The van der Waals surface area contributed by atoms with Crippen molar-refractivity contribution in [1.29, 1.82) is 0 Å². The Balaban J connectivity index is 2.16. The van der Waals surface area contributed by atoms with E-state index in [9.17, 15) is 44.3 Å². The van der Waals surface area contributed by atoms with Gasteiger partial charge in [-0.3, -0.25) is 14.3 Å². The molecule has 0 saturated heterocycles. The molecule has 174 valence electrons. The first kappa shape index (κ1) is 25.0. The van der Waals surface area contributed by atoms with E-state index in [-0.39, 0.29) is 11.3 Å². The van der Waals surface area contributed by atoms with Crippen molar-refractivity contribution in [1.82, 2.24) is 10.6 Å². The number of nitrogens with one attached hydrogen (secondary N) is 3. The topological polar surface area (TPSA) is 104 Å². The molecule has 2 aromatic carbocycles. The van der Waals surface area contributed by atoms with Gasteiger partial charge in [-0.2, -0.15) is 26.3 Å². The summed E-state index contributed by atoms with van der Waals surface area (Å²) in [6, 6.07) is 7.87. The van der Waals surface area contributed by atoms with Crippen LogP contribution in [0.2, 0.25) is 0 Å². The number of para-hydroxylation sites is 1. The minimum Gasteiger partial charge on any atom is -0.345 e. The molecule has 0 saturated carbocycles. The first-order valence-corrected chi connectivity index (χ1v) is 10.1. The molecule has 0 radical (unpaired) electrons. The summed E-state index contributed by atoms with van der Waals surface area (Å²) in [7, 11) is -4.54. The zero-order valence-electron chi connectivity index (χ0n) is 15.8. The summed E-state index contributed by atoms with van der Waals surface area (Å²) in [5.41, 5.74) is -1.83. The first-order chi connectivity index (χ1) is 14.7. The number of sulfonamides is 1. The Morgan fingerprint density at radius 1 is 0.875 bits per heavy atom. The number of hydrogen-bond donors (Lipinski definition) is 3. The van der Waals surface area contributed by atoms with Gasteiger partial charge in [0.05, 0.1) is 28.3 Å². The monoisotopic (exact) mass is 483 g/mol. The fourth-order valence-electron chi connectivity index (χ4n) is 2.33. The lowest BCUT2D eigenvalue weighted by molar-refractivity contribution is -0.137. The van der Waals surface area contributed by atoms with Gasteiger partial charge in [0.25, 0.3) is 15.9 Å². The summed E-state index contributed by atoms with van der Waals surface area (Å²) in [5.74, 6) is -2.15. The van der Waals surface area contributed by atoms with Crippen LogP contribution in [0.5, 0.6) is 0 Å². The molecule has 7 nitrogen and oxygen atoms in total. The van der Waals surface area contributed by atoms with Crippen LogP contribution >= 0.6 is 0 Å². The fraction of sp³-hybridized carbons (Fsp3) is 0.222. The Bertz CT molecular complexity index is 1100. The van der Waals surface area contributed by atoms with E-state index in [0.29, 0.717) is 12.1 Å². The highest BCUT2D eigenvalue weighted by atomic mass is 32.2. The molecule has 0 aliphatic rings. The normalized spacial score (nSPS) is 12.2. The molecule has 0 fully saturated rings. The molecule has 0 bridgehead atoms. The van der Waals surface area contributed by atoms with Gasteiger partial charge < -0.3 is 10.6 Å². The van der Waals surface area contributed by atoms with E-state index in [1.165, 1.54) is 17.4 Å². The second kappa shape index (κ2) is 9.46. The average molecular weight is 483 g/mol. The molecule has 0 aromatic heterocycles. The maximum absolute atomic E-state index is 12.9. The highest BCUT2D eigenvalue weighted by Crippen LogP contribution is 2.31. The highest BCUT2D eigenvalue weighted by molar-refractivity contribution is 7.92. The third-order valence-electron chi connectivity index (χ3n) is 3.78. The number of carbonyl (C=O) groups is 2. The van der Waals surface area contributed by atoms with Crippen molar-refractivity contribution in [3.05, 3.63) is 59.7 Å². The Labute approximate surface area is 177 Å². The van der Waals surface area contributed by atoms with Crippen LogP contribution in [0.1, 0.15) is 15.9 Å². The number of hydrogen-bond acceptors (Lipinski definition) is 4. The molecule has 0 heterocycles. The van der Waals surface area contributed by atoms with E-state index in [0.717, 1.165) is 24.3 Å². The largest absolute Gasteiger partial charge is 0.416 e. The lowest BCUT2D eigenvalue weighted by Gasteiger charge is -2.14. The van der Waals surface area contributed by atoms with Gasteiger partial charge in [0.2, 0.25) is 5.91 Å². The molecule has 0 unspecified atom stereocenters. The van der Waals surface area contributed by atoms with Crippen molar-refractivity contribution in [3.8, 4) is 0 Å². The highest BCUT2D eigenvalue weighted by Gasteiger charge is 2.32. The SMILES string of the molecule is O=C(CNC(=O)c1ccccc1NS(=O)(=O)c1cccc(C(F)(F)F)c1)NCC(F)(F)F. The van der Waals surface area contributed by atoms with Crippen LogP contribution in [0.25, 0.3) is 0 Å². The number of anilines is 1. The lowest BCUT2D eigenvalue weighted by atomic mass is 10.1. The van der Waals surface area contributed by atoms with Crippen LogP contribution in [0.15, 0.2) is 53.4 Å². The van der Waals surface area contributed by atoms with Crippen molar-refractivity contribution in [2.45, 2.75) is 17.2 Å². The standard InChI is InChI=1S/C18H15F6N3O4S/c19-17(20,21)10-26-15(28)9-25-16(29)13-6-1-2-7-14(13)27-32(30,31)12-5-3-4-11(8-12)18(22,23)24/h1-8,27H,9-10H2,(H,25,29)(H,26,28). The van der Waals surface area contributed by atoms with Crippen LogP contribution in [-0.2, 0) is 21.0 Å². The Morgan fingerprint density at radius 2 is 1.53 bits per heavy atom. The molecule has 2 aromatic rings. The first-order valence-electron chi connectivity index (χ1n) is 8.60. The predicted octanol–water partition coefficient (Wildman–Crippen LogP) is 2.91. The van der Waals surface area contributed by atoms with Gasteiger partial charge >= 0.3 is 12.4 Å². The molecule has 0 spiro atoms. The van der Waals surface area contributed by atoms with E-state index in [1.807, 2.05) is 10.0 Å². The molecular formula is C18H15F6N3O4S. The third kappa shape index (κ3) is 7.14. The van der Waals surface area contributed by atoms with Crippen LogP contribution < -0.4 is 15.4 Å². The molecular weight excluding hydrogens is 468 g/mol. The predicted molar refractivity (Wildman–Crippen MR) is 100 cm³/mol. The summed E-state index contributed by atoms with van der Waals surface area (Å²) < 4.78 is 102. The maximum atomic E-state index is 12.9. The summed E-state index contributed by atoms with van der Waals surface area (Å²) >= 11 is 0. The number of alkyl halides is 6. The number of halogens is 6. The second-order valence-electron chi connectivity index (χ2n) is 6.25. The molecule has 2 amide bonds. The lowest BCUT2D eigenvalue weighted by Crippen LogP contribution is -2.41. The van der Waals surface area contributed by atoms with Gasteiger partial charge in [-0.15, -0.1) is 0 Å². The Morgan fingerprint density at radius 3 is 2.16 bits per heavy atom. The van der Waals surface area contributed by atoms with E-state index in [2.05, 4.69) is 0 Å². The maximum Gasteiger partial charge on any atom is 0.416 e. The number of amides is 2. The average Bonchev–Trinajstić information content (AvgIpc) is 2.69. The summed E-state index contributed by atoms with van der Waals surface area (Å²) in [4.78, 5) is 23.0. The van der Waals surface area contributed by atoms with E-state index >= 15 is 0 Å². The minimum absolute atomic E-state index is 0.313. The van der Waals surface area contributed by atoms with Crippen molar-refractivity contribution in [2.75, 3.05) is 17.8 Å². The van der Waals surface area contributed by atoms with Crippen LogP contribution in [0.4, 0.5) is 32.0 Å². The van der Waals surface area contributed by atoms with Crippen molar-refractivity contribution in [2.24, 2.45) is 0 Å². The van der Waals surface area contributed by atoms with E-state index in [1.54, 1.807) is 0 Å². The summed E-state index contributed by atoms with van der Waals surface area (Å²) in [6.07, 6.45) is -9.43. The molecule has 32 heavy (non-hydrogen) atoms. The third-order valence-corrected chi connectivity index (χ3v) is 5.15. The van der Waals surface area contributed by atoms with Gasteiger partial charge in [-0.25, -0.2) is 8.42 Å². The quantitative estimate of drug-likeness (QED) is 0.527. The van der Waals surface area contributed by atoms with Crippen molar-refractivity contribution < 1.29 is 44.3 Å². The number of benzene rings is 2. The number of rotatable bonds is 7. The molecule has 14 heteroatoms. The summed E-state index contributed by atoms with van der Waals surface area (Å²) in [6.45, 7) is -2.43. The zero-order chi connectivity index (χ0) is 24.2. The molecule has 3 N–H and O–H groups in total. The smallest absolute Gasteiger partial charge is 0.345 e. The zero-order valence-corrected chi connectivity index (χ0v) is 16.7. The van der Waals surface area contributed by atoms with Crippen molar-refractivity contribution >= 4 is 27.5 Å². The van der Waals surface area contributed by atoms with Gasteiger partial charge in [-0.05, 0) is 30.3 Å². The van der Waals surface area contributed by atoms with Gasteiger partial charge in [0, 0.05) is 0 Å². The Kier molecular flexibility index (Phi) is 7.38. The fourth-order valence-corrected chi connectivity index (χ4v) is 3.46. The summed E-state index contributed by atoms with van der Waals surface area (Å²) in [5, 5.41) is 3.57. The van der Waals surface area contributed by atoms with Crippen LogP contribution in [0.3, 0.4) is 0 Å². The molecule has 0 aliphatic heterocycles. The molecule has 0 atom stereocenters. The van der Waals surface area contributed by atoms with Gasteiger partial charge in [0.1, 0.15) is 6.54 Å². The second-order valence-corrected chi connectivity index (χ2v) is 7.93.